The predicted octanol–water partition coefficient (Wildman–Crippen LogP) is 1.55. The number of hydrogen-bond acceptors (Lipinski definition) is 3. The van der Waals surface area contributed by atoms with Gasteiger partial charge in [0.05, 0.1) is 18.6 Å². The molecule has 1 heterocycles. The van der Waals surface area contributed by atoms with Crippen molar-refractivity contribution in [2.75, 3.05) is 6.61 Å². The standard InChI is InChI=1S/C8H14ClN3O/c1-3-12-5-11-8(9)7(12)6(2)4-13-10/h5-6H,3-4,10H2,1-2H3. The summed E-state index contributed by atoms with van der Waals surface area (Å²) in [5, 5.41) is 0.534. The molecule has 1 rings (SSSR count). The van der Waals surface area contributed by atoms with Crippen LogP contribution in [-0.2, 0) is 11.4 Å². The second-order valence-corrected chi connectivity index (χ2v) is 3.30. The van der Waals surface area contributed by atoms with E-state index in [9.17, 15) is 0 Å². The normalized spacial score (nSPS) is 13.2. The molecule has 0 aliphatic heterocycles. The third-order valence-corrected chi connectivity index (χ3v) is 2.28. The highest BCUT2D eigenvalue weighted by atomic mass is 35.5. The van der Waals surface area contributed by atoms with Crippen molar-refractivity contribution in [1.29, 1.82) is 0 Å². The van der Waals surface area contributed by atoms with Gasteiger partial charge in [-0.05, 0) is 6.92 Å². The first-order chi connectivity index (χ1) is 6.20. The first-order valence-electron chi connectivity index (χ1n) is 4.22. The molecule has 74 valence electrons. The fraction of sp³-hybridized carbons (Fsp3) is 0.625. The average molecular weight is 204 g/mol. The number of aryl methyl sites for hydroxylation is 1. The summed E-state index contributed by atoms with van der Waals surface area (Å²) < 4.78 is 1.99. The minimum absolute atomic E-state index is 0.167. The van der Waals surface area contributed by atoms with Crippen molar-refractivity contribution in [3.05, 3.63) is 17.2 Å². The highest BCUT2D eigenvalue weighted by Crippen LogP contribution is 2.23. The van der Waals surface area contributed by atoms with E-state index in [-0.39, 0.29) is 5.92 Å². The number of nitrogens with two attached hydrogens (primary N) is 1. The van der Waals surface area contributed by atoms with Crippen LogP contribution in [0.4, 0.5) is 0 Å². The molecule has 0 saturated carbocycles. The molecule has 0 aromatic carbocycles. The quantitative estimate of drug-likeness (QED) is 0.756. The van der Waals surface area contributed by atoms with Gasteiger partial charge in [-0.15, -0.1) is 0 Å². The van der Waals surface area contributed by atoms with Crippen LogP contribution in [0.15, 0.2) is 6.33 Å². The highest BCUT2D eigenvalue weighted by Gasteiger charge is 2.15. The summed E-state index contributed by atoms with van der Waals surface area (Å²) in [6, 6.07) is 0. The van der Waals surface area contributed by atoms with E-state index < -0.39 is 0 Å². The Labute approximate surface area is 82.6 Å². The van der Waals surface area contributed by atoms with Crippen LogP contribution in [0.2, 0.25) is 5.15 Å². The molecule has 0 saturated heterocycles. The number of rotatable bonds is 4. The van der Waals surface area contributed by atoms with E-state index in [1.165, 1.54) is 0 Å². The maximum absolute atomic E-state index is 5.93. The lowest BCUT2D eigenvalue weighted by molar-refractivity contribution is 0.125. The van der Waals surface area contributed by atoms with Gasteiger partial charge in [0.1, 0.15) is 0 Å². The zero-order valence-electron chi connectivity index (χ0n) is 7.83. The summed E-state index contributed by atoms with van der Waals surface area (Å²) >= 11 is 5.93. The molecule has 5 heteroatoms. The summed E-state index contributed by atoms with van der Waals surface area (Å²) in [5.41, 5.74) is 0.981. The molecule has 1 aromatic rings. The molecule has 0 aliphatic rings. The molecule has 1 aromatic heterocycles. The SMILES string of the molecule is CCn1cnc(Cl)c1C(C)CON. The number of aromatic nitrogens is 2. The van der Waals surface area contributed by atoms with Gasteiger partial charge in [0, 0.05) is 12.5 Å². The van der Waals surface area contributed by atoms with Gasteiger partial charge in [-0.25, -0.2) is 10.9 Å². The molecular weight excluding hydrogens is 190 g/mol. The van der Waals surface area contributed by atoms with Crippen molar-refractivity contribution in [2.24, 2.45) is 5.90 Å². The van der Waals surface area contributed by atoms with Gasteiger partial charge < -0.3 is 9.40 Å². The third-order valence-electron chi connectivity index (χ3n) is 1.98. The third kappa shape index (κ3) is 2.21. The highest BCUT2D eigenvalue weighted by molar-refractivity contribution is 6.30. The van der Waals surface area contributed by atoms with Crippen LogP contribution in [0, 0.1) is 0 Å². The minimum Gasteiger partial charge on any atom is -0.333 e. The van der Waals surface area contributed by atoms with Gasteiger partial charge in [0.25, 0.3) is 0 Å². The number of halogens is 1. The Kier molecular flexibility index (Phi) is 3.71. The summed E-state index contributed by atoms with van der Waals surface area (Å²) in [6.07, 6.45) is 1.73. The number of nitrogens with zero attached hydrogens (tertiary/aromatic N) is 2. The summed E-state index contributed by atoms with van der Waals surface area (Å²) in [7, 11) is 0. The van der Waals surface area contributed by atoms with Crippen LogP contribution in [0.5, 0.6) is 0 Å². The lowest BCUT2D eigenvalue weighted by Gasteiger charge is -2.12. The Bertz CT molecular complexity index is 274. The Hall–Kier alpha value is -0.580. The Morgan fingerprint density at radius 3 is 3.00 bits per heavy atom. The smallest absolute Gasteiger partial charge is 0.150 e. The van der Waals surface area contributed by atoms with Crippen LogP contribution >= 0.6 is 11.6 Å². The van der Waals surface area contributed by atoms with Crippen molar-refractivity contribution < 1.29 is 4.84 Å². The first kappa shape index (κ1) is 10.5. The van der Waals surface area contributed by atoms with Gasteiger partial charge in [0.15, 0.2) is 5.15 Å². The topological polar surface area (TPSA) is 53.1 Å². The zero-order valence-corrected chi connectivity index (χ0v) is 8.58. The Balaban J connectivity index is 2.89. The van der Waals surface area contributed by atoms with Crippen molar-refractivity contribution in [2.45, 2.75) is 26.3 Å². The molecular formula is C8H14ClN3O. The van der Waals surface area contributed by atoms with Crippen molar-refractivity contribution in [3.8, 4) is 0 Å². The summed E-state index contributed by atoms with van der Waals surface area (Å²) in [6.45, 7) is 5.34. The maximum Gasteiger partial charge on any atom is 0.150 e. The Morgan fingerprint density at radius 2 is 2.46 bits per heavy atom. The molecule has 2 N–H and O–H groups in total. The van der Waals surface area contributed by atoms with Crippen LogP contribution in [-0.4, -0.2) is 16.2 Å². The zero-order chi connectivity index (χ0) is 9.84. The largest absolute Gasteiger partial charge is 0.333 e. The van der Waals surface area contributed by atoms with E-state index in [0.29, 0.717) is 11.8 Å². The average Bonchev–Trinajstić information content (AvgIpc) is 2.47. The van der Waals surface area contributed by atoms with E-state index in [4.69, 9.17) is 17.5 Å². The molecule has 0 aliphatic carbocycles. The molecule has 13 heavy (non-hydrogen) atoms. The predicted molar refractivity (Wildman–Crippen MR) is 51.5 cm³/mol. The van der Waals surface area contributed by atoms with Gasteiger partial charge in [0.2, 0.25) is 0 Å². The molecule has 0 spiro atoms. The molecule has 4 nitrogen and oxygen atoms in total. The molecule has 0 fully saturated rings. The van der Waals surface area contributed by atoms with Gasteiger partial charge in [-0.2, -0.15) is 0 Å². The minimum atomic E-state index is 0.167. The van der Waals surface area contributed by atoms with E-state index in [1.54, 1.807) is 6.33 Å². The van der Waals surface area contributed by atoms with Crippen molar-refractivity contribution in [3.63, 3.8) is 0 Å². The lowest BCUT2D eigenvalue weighted by atomic mass is 10.1. The van der Waals surface area contributed by atoms with Crippen molar-refractivity contribution >= 4 is 11.6 Å². The van der Waals surface area contributed by atoms with Crippen molar-refractivity contribution in [1.82, 2.24) is 9.55 Å². The van der Waals surface area contributed by atoms with E-state index in [0.717, 1.165) is 12.2 Å². The van der Waals surface area contributed by atoms with Gasteiger partial charge >= 0.3 is 0 Å². The van der Waals surface area contributed by atoms with Crippen LogP contribution in [0.25, 0.3) is 0 Å². The molecule has 1 atom stereocenters. The van der Waals surface area contributed by atoms with Crippen LogP contribution in [0.1, 0.15) is 25.5 Å². The van der Waals surface area contributed by atoms with E-state index in [1.807, 2.05) is 18.4 Å². The second-order valence-electron chi connectivity index (χ2n) is 2.94. The van der Waals surface area contributed by atoms with Crippen LogP contribution < -0.4 is 5.90 Å². The summed E-state index contributed by atoms with van der Waals surface area (Å²) in [4.78, 5) is 8.60. The molecule has 0 radical (unpaired) electrons. The monoisotopic (exact) mass is 203 g/mol. The van der Waals surface area contributed by atoms with Crippen LogP contribution in [0.3, 0.4) is 0 Å². The van der Waals surface area contributed by atoms with Gasteiger partial charge in [-0.3, -0.25) is 0 Å². The number of imidazole rings is 1. The number of hydrogen-bond donors (Lipinski definition) is 1. The lowest BCUT2D eigenvalue weighted by Crippen LogP contribution is -2.12. The Morgan fingerprint density at radius 1 is 1.77 bits per heavy atom. The maximum atomic E-state index is 5.93. The van der Waals surface area contributed by atoms with E-state index >= 15 is 0 Å². The van der Waals surface area contributed by atoms with Gasteiger partial charge in [-0.1, -0.05) is 18.5 Å². The molecule has 0 amide bonds. The fourth-order valence-corrected chi connectivity index (χ4v) is 1.67. The fourth-order valence-electron chi connectivity index (χ4n) is 1.33. The molecule has 0 bridgehead atoms. The first-order valence-corrected chi connectivity index (χ1v) is 4.60. The second kappa shape index (κ2) is 4.60. The molecule has 1 unspecified atom stereocenters. The van der Waals surface area contributed by atoms with E-state index in [2.05, 4.69) is 9.82 Å². The summed E-state index contributed by atoms with van der Waals surface area (Å²) in [5.74, 6) is 5.17.